The third-order valence-corrected chi connectivity index (χ3v) is 1.90. The van der Waals surface area contributed by atoms with Crippen LogP contribution in [0.25, 0.3) is 0 Å². The second-order valence-electron chi connectivity index (χ2n) is 3.59. The summed E-state index contributed by atoms with van der Waals surface area (Å²) in [6.07, 6.45) is 4.33. The van der Waals surface area contributed by atoms with Gasteiger partial charge in [-0.15, -0.1) is 0 Å². The molecule has 0 saturated heterocycles. The zero-order valence-corrected chi connectivity index (χ0v) is 8.39. The number of carbonyl (C=O) groups is 1. The van der Waals surface area contributed by atoms with Crippen molar-refractivity contribution in [3.05, 3.63) is 0 Å². The lowest BCUT2D eigenvalue weighted by atomic mass is 9.87. The van der Waals surface area contributed by atoms with Gasteiger partial charge >= 0.3 is 5.97 Å². The van der Waals surface area contributed by atoms with Crippen molar-refractivity contribution in [2.24, 2.45) is 5.41 Å². The number of nitrogens with zero attached hydrogens (tertiary/aromatic N) is 1. The van der Waals surface area contributed by atoms with Crippen LogP contribution in [0.4, 0.5) is 0 Å². The highest BCUT2D eigenvalue weighted by Gasteiger charge is 2.29. The molecule has 0 amide bonds. The molecule has 0 atom stereocenters. The van der Waals surface area contributed by atoms with Crippen LogP contribution in [0.1, 0.15) is 40.0 Å². The summed E-state index contributed by atoms with van der Waals surface area (Å²) in [5, 5.41) is 8.12. The van der Waals surface area contributed by atoms with Crippen molar-refractivity contribution in [2.45, 2.75) is 40.0 Å². The van der Waals surface area contributed by atoms with Gasteiger partial charge in [-0.05, 0) is 20.3 Å². The van der Waals surface area contributed by atoms with Crippen LogP contribution in [0.3, 0.4) is 0 Å². The number of carbonyl (C=O) groups excluding carboxylic acids is 1. The molecule has 1 N–H and O–H groups in total. The quantitative estimate of drug-likeness (QED) is 0.401. The first-order valence-corrected chi connectivity index (χ1v) is 4.40. The van der Waals surface area contributed by atoms with Gasteiger partial charge in [-0.25, -0.2) is 4.79 Å². The Morgan fingerprint density at radius 3 is 2.69 bits per heavy atom. The van der Waals surface area contributed by atoms with E-state index in [1.165, 1.54) is 6.19 Å². The van der Waals surface area contributed by atoms with Gasteiger partial charge in [0, 0.05) is 0 Å². The summed E-state index contributed by atoms with van der Waals surface area (Å²) in [6, 6.07) is 0. The SMILES string of the molecule is CCCCC(C)(C)C(=O)ONC#N. The molecular weight excluding hydrogens is 168 g/mol. The maximum Gasteiger partial charge on any atom is 0.338 e. The topological polar surface area (TPSA) is 62.1 Å². The average Bonchev–Trinajstić information content (AvgIpc) is 2.10. The van der Waals surface area contributed by atoms with E-state index in [1.807, 2.05) is 19.3 Å². The highest BCUT2D eigenvalue weighted by Crippen LogP contribution is 2.24. The molecule has 0 unspecified atom stereocenters. The van der Waals surface area contributed by atoms with Crippen molar-refractivity contribution < 1.29 is 9.63 Å². The van der Waals surface area contributed by atoms with Crippen molar-refractivity contribution >= 4 is 5.97 Å². The van der Waals surface area contributed by atoms with Crippen LogP contribution in [0.5, 0.6) is 0 Å². The molecule has 0 radical (unpaired) electrons. The van der Waals surface area contributed by atoms with Crippen LogP contribution in [-0.4, -0.2) is 5.97 Å². The molecule has 0 aliphatic heterocycles. The van der Waals surface area contributed by atoms with Crippen molar-refractivity contribution in [1.82, 2.24) is 5.48 Å². The summed E-state index contributed by atoms with van der Waals surface area (Å²) >= 11 is 0. The first kappa shape index (κ1) is 11.8. The predicted molar refractivity (Wildman–Crippen MR) is 48.1 cm³/mol. The van der Waals surface area contributed by atoms with Gasteiger partial charge in [0.1, 0.15) is 0 Å². The minimum atomic E-state index is -0.514. The molecule has 0 heterocycles. The summed E-state index contributed by atoms with van der Waals surface area (Å²) in [5.74, 6) is -0.387. The molecule has 0 fully saturated rings. The first-order chi connectivity index (χ1) is 6.04. The van der Waals surface area contributed by atoms with E-state index in [2.05, 4.69) is 11.8 Å². The molecule has 0 aliphatic rings. The lowest BCUT2D eigenvalue weighted by Gasteiger charge is -2.20. The van der Waals surface area contributed by atoms with Crippen LogP contribution in [0, 0.1) is 16.9 Å². The van der Waals surface area contributed by atoms with E-state index < -0.39 is 5.41 Å². The number of hydroxylamine groups is 1. The molecule has 0 aromatic heterocycles. The molecule has 0 saturated carbocycles. The highest BCUT2D eigenvalue weighted by atomic mass is 16.7. The fourth-order valence-corrected chi connectivity index (χ4v) is 0.928. The second kappa shape index (κ2) is 5.41. The summed E-state index contributed by atoms with van der Waals surface area (Å²) in [6.45, 7) is 5.68. The third kappa shape index (κ3) is 4.36. The van der Waals surface area contributed by atoms with E-state index in [0.29, 0.717) is 0 Å². The van der Waals surface area contributed by atoms with Gasteiger partial charge in [-0.1, -0.05) is 19.8 Å². The van der Waals surface area contributed by atoms with Crippen molar-refractivity contribution in [3.8, 4) is 6.19 Å². The van der Waals surface area contributed by atoms with Gasteiger partial charge in [0.15, 0.2) is 0 Å². The Bertz CT molecular complexity index is 206. The maximum atomic E-state index is 11.3. The molecule has 4 nitrogen and oxygen atoms in total. The van der Waals surface area contributed by atoms with Crippen LogP contribution in [-0.2, 0) is 9.63 Å². The molecule has 0 rings (SSSR count). The molecule has 0 spiro atoms. The Balaban J connectivity index is 3.96. The number of rotatable bonds is 5. The Hall–Kier alpha value is -1.24. The minimum absolute atomic E-state index is 0.387. The van der Waals surface area contributed by atoms with Gasteiger partial charge in [0.2, 0.25) is 6.19 Å². The zero-order chi connectivity index (χ0) is 10.3. The molecule has 13 heavy (non-hydrogen) atoms. The maximum absolute atomic E-state index is 11.3. The fraction of sp³-hybridized carbons (Fsp3) is 0.778. The lowest BCUT2D eigenvalue weighted by Crippen LogP contribution is -2.30. The van der Waals surface area contributed by atoms with E-state index in [1.54, 1.807) is 0 Å². The number of nitriles is 1. The van der Waals surface area contributed by atoms with Gasteiger partial charge in [0.25, 0.3) is 0 Å². The van der Waals surface area contributed by atoms with Crippen LogP contribution >= 0.6 is 0 Å². The first-order valence-electron chi connectivity index (χ1n) is 4.40. The van der Waals surface area contributed by atoms with Crippen LogP contribution in [0.15, 0.2) is 0 Å². The second-order valence-corrected chi connectivity index (χ2v) is 3.59. The molecule has 0 bridgehead atoms. The van der Waals surface area contributed by atoms with Gasteiger partial charge in [-0.2, -0.15) is 10.7 Å². The van der Waals surface area contributed by atoms with E-state index in [4.69, 9.17) is 5.26 Å². The highest BCUT2D eigenvalue weighted by molar-refractivity contribution is 5.75. The monoisotopic (exact) mass is 184 g/mol. The zero-order valence-electron chi connectivity index (χ0n) is 8.39. The predicted octanol–water partition coefficient (Wildman–Crippen LogP) is 1.73. The standard InChI is InChI=1S/C9H16N2O2/c1-4-5-6-9(2,3)8(12)13-11-7-10/h11H,4-6H2,1-3H3. The molecule has 74 valence electrons. The van der Waals surface area contributed by atoms with Gasteiger partial charge in [-0.3, -0.25) is 0 Å². The summed E-state index contributed by atoms with van der Waals surface area (Å²) in [5.41, 5.74) is 1.37. The number of hydrogen-bond donors (Lipinski definition) is 1. The summed E-state index contributed by atoms with van der Waals surface area (Å²) in [7, 11) is 0. The van der Waals surface area contributed by atoms with Crippen molar-refractivity contribution in [3.63, 3.8) is 0 Å². The van der Waals surface area contributed by atoms with Crippen molar-refractivity contribution in [2.75, 3.05) is 0 Å². The van der Waals surface area contributed by atoms with Gasteiger partial charge < -0.3 is 4.84 Å². The average molecular weight is 184 g/mol. The Morgan fingerprint density at radius 2 is 2.23 bits per heavy atom. The number of hydrogen-bond acceptors (Lipinski definition) is 4. The molecule has 0 aromatic carbocycles. The lowest BCUT2D eigenvalue weighted by molar-refractivity contribution is -0.159. The molecule has 4 heteroatoms. The fourth-order valence-electron chi connectivity index (χ4n) is 0.928. The Morgan fingerprint density at radius 1 is 1.62 bits per heavy atom. The van der Waals surface area contributed by atoms with Crippen molar-refractivity contribution in [1.29, 1.82) is 5.26 Å². The molecule has 0 aliphatic carbocycles. The number of unbranched alkanes of at least 4 members (excludes halogenated alkanes) is 1. The normalized spacial score (nSPS) is 10.3. The van der Waals surface area contributed by atoms with E-state index in [9.17, 15) is 4.79 Å². The van der Waals surface area contributed by atoms with E-state index in [0.717, 1.165) is 19.3 Å². The third-order valence-electron chi connectivity index (χ3n) is 1.90. The largest absolute Gasteiger partial charge is 0.338 e. The summed E-state index contributed by atoms with van der Waals surface area (Å²) in [4.78, 5) is 15.8. The van der Waals surface area contributed by atoms with E-state index in [-0.39, 0.29) is 5.97 Å². The summed E-state index contributed by atoms with van der Waals surface area (Å²) < 4.78 is 0. The smallest absolute Gasteiger partial charge is 0.333 e. The molecule has 0 aromatic rings. The van der Waals surface area contributed by atoms with E-state index >= 15 is 0 Å². The van der Waals surface area contributed by atoms with Crippen LogP contribution < -0.4 is 5.48 Å². The number of nitrogens with one attached hydrogen (secondary N) is 1. The Labute approximate surface area is 78.8 Å². The van der Waals surface area contributed by atoms with Crippen LogP contribution in [0.2, 0.25) is 0 Å². The Kier molecular flexibility index (Phi) is 4.90. The molecular formula is C9H16N2O2. The van der Waals surface area contributed by atoms with Gasteiger partial charge in [0.05, 0.1) is 5.41 Å². The minimum Gasteiger partial charge on any atom is -0.333 e.